The van der Waals surface area contributed by atoms with Crippen molar-refractivity contribution in [1.29, 1.82) is 0 Å². The molecule has 0 unspecified atom stereocenters. The van der Waals surface area contributed by atoms with Crippen molar-refractivity contribution in [2.24, 2.45) is 0 Å². The number of aromatic amines is 1. The lowest BCUT2D eigenvalue weighted by atomic mass is 10.2. The Labute approximate surface area is 79.9 Å². The normalized spacial score (nSPS) is 11.7. The second kappa shape index (κ2) is 3.53. The predicted octanol–water partition coefficient (Wildman–Crippen LogP) is 2.29. The number of rotatable bonds is 1. The summed E-state index contributed by atoms with van der Waals surface area (Å²) >= 11 is 2.98. The first-order valence-electron chi connectivity index (χ1n) is 3.30. The number of hydrogen-bond donors (Lipinski definition) is 1. The molecule has 1 heterocycles. The van der Waals surface area contributed by atoms with E-state index < -0.39 is 17.4 Å². The summed E-state index contributed by atoms with van der Waals surface area (Å²) in [5, 5.41) is 0.237. The van der Waals surface area contributed by atoms with Crippen molar-refractivity contribution >= 4 is 15.9 Å². The van der Waals surface area contributed by atoms with Crippen molar-refractivity contribution in [1.82, 2.24) is 4.98 Å². The van der Waals surface area contributed by atoms with E-state index >= 15 is 0 Å². The maximum Gasteiger partial charge on any atom is 0.431 e. The summed E-state index contributed by atoms with van der Waals surface area (Å²) in [6.07, 6.45) is -4.50. The molecule has 0 bridgehead atoms. The molecular weight excluding hydrogens is 251 g/mol. The zero-order chi connectivity index (χ0) is 10.1. The molecule has 0 radical (unpaired) electrons. The standard InChI is InChI=1S/C7H5BrF3NO/c8-3-4-1-2-5(7(9,10)11)12-6(4)13/h1-2H,3H2,(H,12,13). The molecule has 0 saturated heterocycles. The van der Waals surface area contributed by atoms with Gasteiger partial charge in [-0.1, -0.05) is 22.0 Å². The third kappa shape index (κ3) is 2.33. The summed E-state index contributed by atoms with van der Waals surface area (Å²) < 4.78 is 36.1. The molecule has 0 fully saturated rings. The smallest absolute Gasteiger partial charge is 0.318 e. The van der Waals surface area contributed by atoms with Gasteiger partial charge < -0.3 is 4.98 Å². The summed E-state index contributed by atoms with van der Waals surface area (Å²) in [6, 6.07) is 1.99. The quantitative estimate of drug-likeness (QED) is 0.768. The van der Waals surface area contributed by atoms with E-state index in [1.165, 1.54) is 0 Å². The SMILES string of the molecule is O=c1[nH]c(C(F)(F)F)ccc1CBr. The molecule has 0 aliphatic heterocycles. The van der Waals surface area contributed by atoms with Crippen LogP contribution in [-0.4, -0.2) is 4.98 Å². The number of halogens is 4. The summed E-state index contributed by atoms with van der Waals surface area (Å²) in [6.45, 7) is 0. The zero-order valence-electron chi connectivity index (χ0n) is 6.28. The lowest BCUT2D eigenvalue weighted by molar-refractivity contribution is -0.141. The maximum absolute atomic E-state index is 12.0. The average Bonchev–Trinajstić information content (AvgIpc) is 2.02. The Bertz CT molecular complexity index is 357. The van der Waals surface area contributed by atoms with Crippen LogP contribution in [0.25, 0.3) is 0 Å². The average molecular weight is 256 g/mol. The molecule has 1 aromatic heterocycles. The number of nitrogens with one attached hydrogen (secondary N) is 1. The fraction of sp³-hybridized carbons (Fsp3) is 0.286. The van der Waals surface area contributed by atoms with E-state index in [9.17, 15) is 18.0 Å². The monoisotopic (exact) mass is 255 g/mol. The number of aromatic nitrogens is 1. The molecule has 0 aromatic carbocycles. The lowest BCUT2D eigenvalue weighted by Gasteiger charge is -2.05. The Kier molecular flexibility index (Phi) is 2.80. The lowest BCUT2D eigenvalue weighted by Crippen LogP contribution is -2.18. The molecule has 72 valence electrons. The molecule has 0 aliphatic rings. The Balaban J connectivity index is 3.18. The highest BCUT2D eigenvalue weighted by Gasteiger charge is 2.31. The van der Waals surface area contributed by atoms with Crippen molar-refractivity contribution in [3.05, 3.63) is 33.7 Å². The molecule has 13 heavy (non-hydrogen) atoms. The van der Waals surface area contributed by atoms with Gasteiger partial charge in [-0.25, -0.2) is 0 Å². The Morgan fingerprint density at radius 2 is 2.00 bits per heavy atom. The Morgan fingerprint density at radius 3 is 2.38 bits per heavy atom. The number of hydrogen-bond acceptors (Lipinski definition) is 1. The van der Waals surface area contributed by atoms with E-state index in [0.717, 1.165) is 12.1 Å². The third-order valence-electron chi connectivity index (χ3n) is 1.44. The van der Waals surface area contributed by atoms with Crippen molar-refractivity contribution in [2.75, 3.05) is 0 Å². The molecule has 2 nitrogen and oxygen atoms in total. The second-order valence-electron chi connectivity index (χ2n) is 2.36. The molecule has 6 heteroatoms. The van der Waals surface area contributed by atoms with Crippen molar-refractivity contribution < 1.29 is 13.2 Å². The van der Waals surface area contributed by atoms with Crippen LogP contribution in [0.5, 0.6) is 0 Å². The molecule has 0 spiro atoms. The van der Waals surface area contributed by atoms with Crippen LogP contribution in [0.1, 0.15) is 11.3 Å². The van der Waals surface area contributed by atoms with E-state index in [0.29, 0.717) is 0 Å². The topological polar surface area (TPSA) is 32.9 Å². The molecule has 1 N–H and O–H groups in total. The summed E-state index contributed by atoms with van der Waals surface area (Å²) in [7, 11) is 0. The van der Waals surface area contributed by atoms with E-state index in [-0.39, 0.29) is 10.9 Å². The molecule has 0 atom stereocenters. The van der Waals surface area contributed by atoms with Crippen LogP contribution in [0.15, 0.2) is 16.9 Å². The zero-order valence-corrected chi connectivity index (χ0v) is 7.87. The minimum Gasteiger partial charge on any atom is -0.318 e. The summed E-state index contributed by atoms with van der Waals surface area (Å²) in [5.74, 6) is 0. The maximum atomic E-state index is 12.0. The Hall–Kier alpha value is -0.780. The van der Waals surface area contributed by atoms with E-state index in [1.807, 2.05) is 0 Å². The first-order chi connectivity index (χ1) is 5.95. The van der Waals surface area contributed by atoms with Gasteiger partial charge in [0.25, 0.3) is 5.56 Å². The van der Waals surface area contributed by atoms with Gasteiger partial charge in [-0.05, 0) is 6.07 Å². The van der Waals surface area contributed by atoms with Gasteiger partial charge in [0.15, 0.2) is 0 Å². The van der Waals surface area contributed by atoms with Crippen LogP contribution in [0.4, 0.5) is 13.2 Å². The molecule has 0 amide bonds. The van der Waals surface area contributed by atoms with Gasteiger partial charge >= 0.3 is 6.18 Å². The third-order valence-corrected chi connectivity index (χ3v) is 2.04. The number of H-pyrrole nitrogens is 1. The van der Waals surface area contributed by atoms with Crippen LogP contribution in [0.3, 0.4) is 0 Å². The van der Waals surface area contributed by atoms with Crippen LogP contribution in [0, 0.1) is 0 Å². The predicted molar refractivity (Wildman–Crippen MR) is 44.7 cm³/mol. The molecular formula is C7H5BrF3NO. The van der Waals surface area contributed by atoms with E-state index in [4.69, 9.17) is 0 Å². The first kappa shape index (κ1) is 10.3. The van der Waals surface area contributed by atoms with Crippen molar-refractivity contribution in [3.8, 4) is 0 Å². The molecule has 0 aliphatic carbocycles. The van der Waals surface area contributed by atoms with Crippen molar-refractivity contribution in [2.45, 2.75) is 11.5 Å². The number of pyridine rings is 1. The molecule has 1 rings (SSSR count). The first-order valence-corrected chi connectivity index (χ1v) is 4.42. The van der Waals surface area contributed by atoms with Gasteiger partial charge in [0.2, 0.25) is 0 Å². The second-order valence-corrected chi connectivity index (χ2v) is 2.92. The largest absolute Gasteiger partial charge is 0.431 e. The highest BCUT2D eigenvalue weighted by atomic mass is 79.9. The minimum atomic E-state index is -4.50. The summed E-state index contributed by atoms with van der Waals surface area (Å²) in [4.78, 5) is 12.7. The van der Waals surface area contributed by atoms with Crippen molar-refractivity contribution in [3.63, 3.8) is 0 Å². The van der Waals surface area contributed by atoms with Gasteiger partial charge in [0.05, 0.1) is 0 Å². The van der Waals surface area contributed by atoms with Gasteiger partial charge in [-0.15, -0.1) is 0 Å². The van der Waals surface area contributed by atoms with E-state index in [2.05, 4.69) is 15.9 Å². The highest BCUT2D eigenvalue weighted by molar-refractivity contribution is 9.08. The molecule has 0 saturated carbocycles. The van der Waals surface area contributed by atoms with Gasteiger partial charge in [-0.3, -0.25) is 4.79 Å². The van der Waals surface area contributed by atoms with Gasteiger partial charge in [0.1, 0.15) is 5.69 Å². The van der Waals surface area contributed by atoms with Crippen LogP contribution >= 0.6 is 15.9 Å². The Morgan fingerprint density at radius 1 is 1.38 bits per heavy atom. The van der Waals surface area contributed by atoms with Gasteiger partial charge in [-0.2, -0.15) is 13.2 Å². The van der Waals surface area contributed by atoms with Gasteiger partial charge in [0, 0.05) is 10.9 Å². The minimum absolute atomic E-state index is 0.237. The fourth-order valence-corrected chi connectivity index (χ4v) is 1.22. The highest BCUT2D eigenvalue weighted by Crippen LogP contribution is 2.26. The molecule has 1 aromatic rings. The summed E-state index contributed by atoms with van der Waals surface area (Å²) in [5.41, 5.74) is -1.47. The van der Waals surface area contributed by atoms with E-state index in [1.54, 1.807) is 4.98 Å². The van der Waals surface area contributed by atoms with Crippen LogP contribution < -0.4 is 5.56 Å². The number of alkyl halides is 4. The van der Waals surface area contributed by atoms with Crippen LogP contribution in [0.2, 0.25) is 0 Å². The van der Waals surface area contributed by atoms with Crippen LogP contribution in [-0.2, 0) is 11.5 Å². The fourth-order valence-electron chi connectivity index (χ4n) is 0.774.